The largest absolute Gasteiger partial charge is 0.378 e. The molecule has 0 saturated heterocycles. The fourth-order valence-electron chi connectivity index (χ4n) is 4.13. The number of hydrogen-bond donors (Lipinski definition) is 0. The maximum atomic E-state index is 13.2. The monoisotopic (exact) mass is 359 g/mol. The third-order valence-corrected chi connectivity index (χ3v) is 5.79. The summed E-state index contributed by atoms with van der Waals surface area (Å²) in [5.41, 5.74) is 2.51. The van der Waals surface area contributed by atoms with Gasteiger partial charge in [-0.3, -0.25) is 9.36 Å². The van der Waals surface area contributed by atoms with Crippen molar-refractivity contribution in [2.45, 2.75) is 60.1 Å². The second-order valence-corrected chi connectivity index (χ2v) is 7.85. The molecule has 1 saturated carbocycles. The van der Waals surface area contributed by atoms with Gasteiger partial charge >= 0.3 is 0 Å². The highest BCUT2D eigenvalue weighted by Gasteiger charge is 2.52. The lowest BCUT2D eigenvalue weighted by atomic mass is 9.63. The van der Waals surface area contributed by atoms with Gasteiger partial charge in [0.1, 0.15) is 5.76 Å². The van der Waals surface area contributed by atoms with Gasteiger partial charge in [-0.25, -0.2) is 0 Å². The van der Waals surface area contributed by atoms with Crippen molar-refractivity contribution in [3.63, 3.8) is 0 Å². The van der Waals surface area contributed by atoms with E-state index in [0.29, 0.717) is 18.0 Å². The smallest absolute Gasteiger partial charge is 0.255 e. The first-order chi connectivity index (χ1) is 12.2. The second kappa shape index (κ2) is 6.58. The summed E-state index contributed by atoms with van der Waals surface area (Å²) in [5, 5.41) is 4.09. The van der Waals surface area contributed by atoms with Crippen LogP contribution >= 0.6 is 0 Å². The summed E-state index contributed by atoms with van der Waals surface area (Å²) < 4.78 is 13.0. The van der Waals surface area contributed by atoms with Crippen LogP contribution < -0.4 is 0 Å². The van der Waals surface area contributed by atoms with Crippen molar-refractivity contribution in [3.8, 4) is 5.82 Å². The number of ether oxygens (including phenoxy) is 1. The molecule has 0 unspecified atom stereocenters. The molecule has 2 atom stereocenters. The summed E-state index contributed by atoms with van der Waals surface area (Å²) in [4.78, 5) is 15.1. The van der Waals surface area contributed by atoms with Gasteiger partial charge in [0.05, 0.1) is 11.7 Å². The lowest BCUT2D eigenvalue weighted by Gasteiger charge is -2.54. The summed E-state index contributed by atoms with van der Waals surface area (Å²) in [6.45, 7) is 12.9. The minimum Gasteiger partial charge on any atom is -0.378 e. The highest BCUT2D eigenvalue weighted by molar-refractivity contribution is 5.96. The summed E-state index contributed by atoms with van der Waals surface area (Å²) in [7, 11) is 1.89. The van der Waals surface area contributed by atoms with Gasteiger partial charge in [-0.1, -0.05) is 19.0 Å². The number of carbonyl (C=O) groups is 1. The molecule has 0 spiro atoms. The van der Waals surface area contributed by atoms with Crippen LogP contribution in [-0.2, 0) is 4.74 Å². The SMILES string of the molecule is CCO[C@@H]1C[C@@H](N(C)C(=O)c2cc(C)n(-c3cc(C)on3)c2C)C1(C)C. The first-order valence-electron chi connectivity index (χ1n) is 9.19. The Bertz CT molecular complexity index is 818. The van der Waals surface area contributed by atoms with E-state index < -0.39 is 0 Å². The van der Waals surface area contributed by atoms with Crippen LogP contribution in [0.25, 0.3) is 5.82 Å². The molecule has 142 valence electrons. The zero-order valence-electron chi connectivity index (χ0n) is 16.8. The first-order valence-corrected chi connectivity index (χ1v) is 9.19. The third kappa shape index (κ3) is 2.86. The van der Waals surface area contributed by atoms with E-state index in [-0.39, 0.29) is 23.5 Å². The summed E-state index contributed by atoms with van der Waals surface area (Å²) in [6.07, 6.45) is 1.09. The molecule has 26 heavy (non-hydrogen) atoms. The molecule has 1 aliphatic carbocycles. The molecule has 0 aromatic carbocycles. The van der Waals surface area contributed by atoms with Crippen LogP contribution in [0, 0.1) is 26.2 Å². The molecule has 2 aromatic rings. The van der Waals surface area contributed by atoms with Gasteiger partial charge in [0.15, 0.2) is 5.82 Å². The van der Waals surface area contributed by atoms with E-state index in [2.05, 4.69) is 19.0 Å². The maximum Gasteiger partial charge on any atom is 0.255 e. The van der Waals surface area contributed by atoms with Gasteiger partial charge in [-0.2, -0.15) is 0 Å². The quantitative estimate of drug-likeness (QED) is 0.817. The molecular formula is C20H29N3O3. The van der Waals surface area contributed by atoms with E-state index in [1.807, 2.05) is 56.3 Å². The van der Waals surface area contributed by atoms with Gasteiger partial charge in [0.25, 0.3) is 5.91 Å². The fraction of sp³-hybridized carbons (Fsp3) is 0.600. The molecule has 0 radical (unpaired) electrons. The van der Waals surface area contributed by atoms with Crippen molar-refractivity contribution < 1.29 is 14.1 Å². The van der Waals surface area contributed by atoms with E-state index in [9.17, 15) is 4.79 Å². The van der Waals surface area contributed by atoms with E-state index in [0.717, 1.165) is 23.6 Å². The first kappa shape index (κ1) is 18.7. The van der Waals surface area contributed by atoms with Crippen LogP contribution in [0.15, 0.2) is 16.7 Å². The van der Waals surface area contributed by atoms with Crippen LogP contribution in [0.3, 0.4) is 0 Å². The Morgan fingerprint density at radius 3 is 2.62 bits per heavy atom. The van der Waals surface area contributed by atoms with Crippen molar-refractivity contribution in [3.05, 3.63) is 34.8 Å². The minimum atomic E-state index is -0.0465. The fourth-order valence-corrected chi connectivity index (χ4v) is 4.13. The van der Waals surface area contributed by atoms with Crippen LogP contribution in [0.1, 0.15) is 54.7 Å². The van der Waals surface area contributed by atoms with Crippen LogP contribution in [0.4, 0.5) is 0 Å². The Hall–Kier alpha value is -2.08. The summed E-state index contributed by atoms with van der Waals surface area (Å²) >= 11 is 0. The predicted octanol–water partition coefficient (Wildman–Crippen LogP) is 3.67. The normalized spacial score (nSPS) is 21.5. The summed E-state index contributed by atoms with van der Waals surface area (Å²) in [5.74, 6) is 1.49. The van der Waals surface area contributed by atoms with Crippen molar-refractivity contribution in [2.75, 3.05) is 13.7 Å². The van der Waals surface area contributed by atoms with Crippen molar-refractivity contribution >= 4 is 5.91 Å². The highest BCUT2D eigenvalue weighted by Crippen LogP contribution is 2.45. The van der Waals surface area contributed by atoms with Crippen LogP contribution in [0.5, 0.6) is 0 Å². The van der Waals surface area contributed by atoms with E-state index in [1.165, 1.54) is 0 Å². The molecule has 0 aliphatic heterocycles. The van der Waals surface area contributed by atoms with E-state index in [4.69, 9.17) is 9.26 Å². The Morgan fingerprint density at radius 2 is 2.08 bits per heavy atom. The molecule has 1 aliphatic rings. The molecule has 6 heteroatoms. The van der Waals surface area contributed by atoms with Gasteiger partial charge in [-0.05, 0) is 40.2 Å². The average molecular weight is 359 g/mol. The Morgan fingerprint density at radius 1 is 1.38 bits per heavy atom. The lowest BCUT2D eigenvalue weighted by Crippen LogP contribution is -2.62. The van der Waals surface area contributed by atoms with Crippen molar-refractivity contribution in [2.24, 2.45) is 5.41 Å². The van der Waals surface area contributed by atoms with Gasteiger partial charge < -0.3 is 14.2 Å². The number of carbonyl (C=O) groups excluding carboxylic acids is 1. The molecule has 2 heterocycles. The standard InChI is InChI=1S/C20H29N3O3/c1-8-25-17-11-16(20(17,5)6)22(7)19(24)15-9-12(2)23(14(15)4)18-10-13(3)26-21-18/h9-10,16-17H,8,11H2,1-7H3/t16-,17-/m1/s1. The molecule has 2 aromatic heterocycles. The summed E-state index contributed by atoms with van der Waals surface area (Å²) in [6, 6.07) is 3.98. The number of hydrogen-bond acceptors (Lipinski definition) is 4. The Labute approximate surface area is 155 Å². The second-order valence-electron chi connectivity index (χ2n) is 7.85. The zero-order chi connectivity index (χ0) is 19.2. The average Bonchev–Trinajstić information content (AvgIpc) is 3.12. The predicted molar refractivity (Wildman–Crippen MR) is 99.7 cm³/mol. The molecule has 1 fully saturated rings. The van der Waals surface area contributed by atoms with Crippen molar-refractivity contribution in [1.82, 2.24) is 14.6 Å². The van der Waals surface area contributed by atoms with E-state index >= 15 is 0 Å². The van der Waals surface area contributed by atoms with Gasteiger partial charge in [-0.15, -0.1) is 0 Å². The molecule has 0 N–H and O–H groups in total. The number of rotatable bonds is 5. The third-order valence-electron chi connectivity index (χ3n) is 5.79. The number of aromatic nitrogens is 2. The lowest BCUT2D eigenvalue weighted by molar-refractivity contribution is -0.136. The minimum absolute atomic E-state index is 0.0394. The van der Waals surface area contributed by atoms with E-state index in [1.54, 1.807) is 0 Å². The van der Waals surface area contributed by atoms with Crippen LogP contribution in [0.2, 0.25) is 0 Å². The molecule has 3 rings (SSSR count). The molecule has 6 nitrogen and oxygen atoms in total. The molecule has 0 bridgehead atoms. The highest BCUT2D eigenvalue weighted by atomic mass is 16.5. The van der Waals surface area contributed by atoms with Gasteiger partial charge in [0, 0.05) is 42.6 Å². The number of aryl methyl sites for hydroxylation is 2. The molecular weight excluding hydrogens is 330 g/mol. The number of amides is 1. The Balaban J connectivity index is 1.85. The number of nitrogens with zero attached hydrogens (tertiary/aromatic N) is 3. The topological polar surface area (TPSA) is 60.5 Å². The molecule has 1 amide bonds. The Kier molecular flexibility index (Phi) is 4.73. The zero-order valence-corrected chi connectivity index (χ0v) is 16.8. The van der Waals surface area contributed by atoms with Gasteiger partial charge in [0.2, 0.25) is 0 Å². The van der Waals surface area contributed by atoms with Crippen LogP contribution in [-0.4, -0.2) is 46.3 Å². The maximum absolute atomic E-state index is 13.2. The van der Waals surface area contributed by atoms with Crippen molar-refractivity contribution in [1.29, 1.82) is 0 Å².